The molecule has 0 fully saturated rings. The van der Waals surface area contributed by atoms with E-state index in [2.05, 4.69) is 12.6 Å². The van der Waals surface area contributed by atoms with Crippen LogP contribution in [0.1, 0.15) is 0 Å². The Balaban J connectivity index is 3.14. The van der Waals surface area contributed by atoms with Crippen LogP contribution in [0.5, 0.6) is 0 Å². The van der Waals surface area contributed by atoms with Crippen molar-refractivity contribution in [2.45, 2.75) is 9.79 Å². The fourth-order valence-corrected chi connectivity index (χ4v) is 1.83. The maximum absolute atomic E-state index is 5.80. The molecule has 0 N–H and O–H groups in total. The van der Waals surface area contributed by atoms with E-state index in [1.165, 1.54) is 0 Å². The van der Waals surface area contributed by atoms with E-state index >= 15 is 0 Å². The lowest BCUT2D eigenvalue weighted by Gasteiger charge is -2.00. The van der Waals surface area contributed by atoms with Crippen molar-refractivity contribution >= 4 is 36.0 Å². The lowest BCUT2D eigenvalue weighted by atomic mass is 10.4. The second-order valence-corrected chi connectivity index (χ2v) is 3.49. The molecule has 0 bridgehead atoms. The molecule has 0 nitrogen and oxygen atoms in total. The summed E-state index contributed by atoms with van der Waals surface area (Å²) < 4.78 is 0. The first kappa shape index (κ1) is 8.31. The van der Waals surface area contributed by atoms with Crippen LogP contribution < -0.4 is 0 Å². The van der Waals surface area contributed by atoms with Crippen LogP contribution in [0.2, 0.25) is 5.02 Å². The second kappa shape index (κ2) is 3.56. The summed E-state index contributed by atoms with van der Waals surface area (Å²) >= 11 is 11.7. The summed E-state index contributed by atoms with van der Waals surface area (Å²) in [6.07, 6.45) is 2.01. The SMILES string of the molecule is CSc1cccc(Cl)c1S. The van der Waals surface area contributed by atoms with Crippen molar-refractivity contribution in [3.05, 3.63) is 23.2 Å². The Morgan fingerprint density at radius 2 is 2.20 bits per heavy atom. The van der Waals surface area contributed by atoms with Crippen molar-refractivity contribution in [1.82, 2.24) is 0 Å². The molecular weight excluding hydrogens is 184 g/mol. The molecule has 1 aromatic rings. The summed E-state index contributed by atoms with van der Waals surface area (Å²) in [5.74, 6) is 0. The normalized spacial score (nSPS) is 9.90. The molecule has 0 radical (unpaired) electrons. The van der Waals surface area contributed by atoms with Gasteiger partial charge in [-0.1, -0.05) is 17.7 Å². The molecule has 1 aromatic carbocycles. The van der Waals surface area contributed by atoms with Gasteiger partial charge in [0, 0.05) is 9.79 Å². The highest BCUT2D eigenvalue weighted by atomic mass is 35.5. The largest absolute Gasteiger partial charge is 0.141 e. The summed E-state index contributed by atoms with van der Waals surface area (Å²) in [5.41, 5.74) is 0. The third-order valence-corrected chi connectivity index (χ3v) is 3.03. The average molecular weight is 191 g/mol. The molecule has 10 heavy (non-hydrogen) atoms. The van der Waals surface area contributed by atoms with Gasteiger partial charge in [0.05, 0.1) is 5.02 Å². The number of rotatable bonds is 1. The first-order valence-electron chi connectivity index (χ1n) is 2.77. The Hall–Kier alpha value is 0.210. The highest BCUT2D eigenvalue weighted by Crippen LogP contribution is 2.29. The fourth-order valence-electron chi connectivity index (χ4n) is 0.660. The third kappa shape index (κ3) is 1.62. The van der Waals surface area contributed by atoms with E-state index in [1.807, 2.05) is 24.5 Å². The Kier molecular flexibility index (Phi) is 2.96. The highest BCUT2D eigenvalue weighted by molar-refractivity contribution is 7.99. The van der Waals surface area contributed by atoms with Crippen LogP contribution in [0.3, 0.4) is 0 Å². The average Bonchev–Trinajstić information content (AvgIpc) is 1.95. The maximum atomic E-state index is 5.80. The van der Waals surface area contributed by atoms with Crippen molar-refractivity contribution in [2.24, 2.45) is 0 Å². The van der Waals surface area contributed by atoms with Gasteiger partial charge in [0.25, 0.3) is 0 Å². The van der Waals surface area contributed by atoms with Crippen molar-refractivity contribution in [3.8, 4) is 0 Å². The van der Waals surface area contributed by atoms with Gasteiger partial charge in [0.2, 0.25) is 0 Å². The number of thioether (sulfide) groups is 1. The molecule has 0 amide bonds. The molecule has 0 spiro atoms. The zero-order chi connectivity index (χ0) is 7.56. The van der Waals surface area contributed by atoms with E-state index in [0.29, 0.717) is 0 Å². The van der Waals surface area contributed by atoms with Crippen molar-refractivity contribution in [3.63, 3.8) is 0 Å². The Bertz CT molecular complexity index is 235. The predicted molar refractivity (Wildman–Crippen MR) is 50.5 cm³/mol. The molecule has 3 heteroatoms. The lowest BCUT2D eigenvalue weighted by molar-refractivity contribution is 1.26. The minimum absolute atomic E-state index is 0.718. The Morgan fingerprint density at radius 3 is 2.70 bits per heavy atom. The van der Waals surface area contributed by atoms with Crippen LogP contribution in [-0.2, 0) is 0 Å². The van der Waals surface area contributed by atoms with E-state index in [-0.39, 0.29) is 0 Å². The van der Waals surface area contributed by atoms with Gasteiger partial charge in [-0.05, 0) is 18.4 Å². The zero-order valence-electron chi connectivity index (χ0n) is 5.47. The van der Waals surface area contributed by atoms with Gasteiger partial charge < -0.3 is 0 Å². The Labute approximate surface area is 75.4 Å². The molecule has 0 saturated heterocycles. The number of hydrogen-bond donors (Lipinski definition) is 1. The molecule has 0 unspecified atom stereocenters. The molecule has 0 atom stereocenters. The molecule has 0 aliphatic rings. The van der Waals surface area contributed by atoms with Crippen LogP contribution >= 0.6 is 36.0 Å². The first-order chi connectivity index (χ1) is 4.75. The van der Waals surface area contributed by atoms with Gasteiger partial charge in [-0.15, -0.1) is 24.4 Å². The van der Waals surface area contributed by atoms with Crippen LogP contribution in [0.25, 0.3) is 0 Å². The molecule has 0 saturated carbocycles. The summed E-state index contributed by atoms with van der Waals surface area (Å²) in [4.78, 5) is 1.99. The van der Waals surface area contributed by atoms with Gasteiger partial charge in [0.1, 0.15) is 0 Å². The number of benzene rings is 1. The van der Waals surface area contributed by atoms with Crippen molar-refractivity contribution in [1.29, 1.82) is 0 Å². The predicted octanol–water partition coefficient (Wildman–Crippen LogP) is 3.35. The highest BCUT2D eigenvalue weighted by Gasteiger charge is 1.99. The second-order valence-electron chi connectivity index (χ2n) is 1.79. The summed E-state index contributed by atoms with van der Waals surface area (Å²) in [6.45, 7) is 0. The van der Waals surface area contributed by atoms with Crippen LogP contribution in [0, 0.1) is 0 Å². The van der Waals surface area contributed by atoms with Gasteiger partial charge in [0.15, 0.2) is 0 Å². The van der Waals surface area contributed by atoms with E-state index in [0.717, 1.165) is 14.8 Å². The fraction of sp³-hybridized carbons (Fsp3) is 0.143. The molecule has 0 aliphatic carbocycles. The Morgan fingerprint density at radius 1 is 1.50 bits per heavy atom. The van der Waals surface area contributed by atoms with Crippen molar-refractivity contribution < 1.29 is 0 Å². The van der Waals surface area contributed by atoms with E-state index < -0.39 is 0 Å². The summed E-state index contributed by atoms with van der Waals surface area (Å²) in [7, 11) is 0. The van der Waals surface area contributed by atoms with E-state index in [9.17, 15) is 0 Å². The van der Waals surface area contributed by atoms with Crippen LogP contribution in [0.4, 0.5) is 0 Å². The number of thiol groups is 1. The first-order valence-corrected chi connectivity index (χ1v) is 4.82. The third-order valence-electron chi connectivity index (χ3n) is 1.17. The van der Waals surface area contributed by atoms with Gasteiger partial charge in [-0.25, -0.2) is 0 Å². The standard InChI is InChI=1S/C7H7ClS2/c1-10-6-4-2-3-5(8)7(6)9/h2-4,9H,1H3. The lowest BCUT2D eigenvalue weighted by Crippen LogP contribution is -1.73. The topological polar surface area (TPSA) is 0 Å². The molecule has 54 valence electrons. The van der Waals surface area contributed by atoms with Gasteiger partial charge >= 0.3 is 0 Å². The van der Waals surface area contributed by atoms with Gasteiger partial charge in [-0.2, -0.15) is 0 Å². The molecule has 0 aliphatic heterocycles. The smallest absolute Gasteiger partial charge is 0.0550 e. The number of halogens is 1. The molecule has 0 aromatic heterocycles. The van der Waals surface area contributed by atoms with Crippen LogP contribution in [-0.4, -0.2) is 6.26 Å². The minimum Gasteiger partial charge on any atom is -0.141 e. The number of hydrogen-bond acceptors (Lipinski definition) is 2. The molecule has 1 rings (SSSR count). The summed E-state index contributed by atoms with van der Waals surface area (Å²) in [6, 6.07) is 5.76. The van der Waals surface area contributed by atoms with Crippen molar-refractivity contribution in [2.75, 3.05) is 6.26 Å². The minimum atomic E-state index is 0.718. The summed E-state index contributed by atoms with van der Waals surface area (Å²) in [5, 5.41) is 0.718. The van der Waals surface area contributed by atoms with E-state index in [4.69, 9.17) is 11.6 Å². The van der Waals surface area contributed by atoms with Gasteiger partial charge in [-0.3, -0.25) is 0 Å². The van der Waals surface area contributed by atoms with E-state index in [1.54, 1.807) is 11.8 Å². The zero-order valence-corrected chi connectivity index (χ0v) is 7.93. The van der Waals surface area contributed by atoms with Crippen LogP contribution in [0.15, 0.2) is 28.0 Å². The quantitative estimate of drug-likeness (QED) is 0.524. The monoisotopic (exact) mass is 190 g/mol. The molecule has 0 heterocycles. The maximum Gasteiger partial charge on any atom is 0.0550 e. The molecular formula is C7H7ClS2.